The molecule has 140 valence electrons. The summed E-state index contributed by atoms with van der Waals surface area (Å²) in [6.45, 7) is 4.91. The molecule has 0 amide bonds. The van der Waals surface area contributed by atoms with Crippen molar-refractivity contribution in [2.45, 2.75) is 12.2 Å². The van der Waals surface area contributed by atoms with Gasteiger partial charge in [0.25, 0.3) is 0 Å². The van der Waals surface area contributed by atoms with Crippen LogP contribution in [0.25, 0.3) is 0 Å². The van der Waals surface area contributed by atoms with Crippen LogP contribution in [0.3, 0.4) is 0 Å². The summed E-state index contributed by atoms with van der Waals surface area (Å²) >= 11 is 0. The molecule has 0 radical (unpaired) electrons. The minimum absolute atomic E-state index is 0.154. The highest BCUT2D eigenvalue weighted by molar-refractivity contribution is 5.32. The van der Waals surface area contributed by atoms with Gasteiger partial charge in [-0.15, -0.1) is 0 Å². The van der Waals surface area contributed by atoms with Gasteiger partial charge in [-0.3, -0.25) is 14.8 Å². The first-order valence-electron chi connectivity index (χ1n) is 8.73. The molecule has 1 saturated heterocycles. The van der Waals surface area contributed by atoms with Crippen LogP contribution in [0.15, 0.2) is 48.7 Å². The van der Waals surface area contributed by atoms with E-state index in [1.807, 2.05) is 18.2 Å². The van der Waals surface area contributed by atoms with Gasteiger partial charge in [0, 0.05) is 45.5 Å². The summed E-state index contributed by atoms with van der Waals surface area (Å²) < 4.78 is 38.6. The van der Waals surface area contributed by atoms with Crippen molar-refractivity contribution < 1.29 is 13.2 Å². The average Bonchev–Trinajstić information content (AvgIpc) is 2.64. The number of hydrogen-bond donors (Lipinski definition) is 1. The van der Waals surface area contributed by atoms with E-state index in [1.165, 1.54) is 0 Å². The molecule has 1 aliphatic heterocycles. The Bertz CT molecular complexity index is 680. The third-order valence-electron chi connectivity index (χ3n) is 4.74. The number of pyridine rings is 1. The molecule has 2 N–H and O–H groups in total. The Morgan fingerprint density at radius 2 is 1.69 bits per heavy atom. The fourth-order valence-corrected chi connectivity index (χ4v) is 3.39. The van der Waals surface area contributed by atoms with Gasteiger partial charge in [-0.25, -0.2) is 0 Å². The van der Waals surface area contributed by atoms with Crippen molar-refractivity contribution in [3.05, 3.63) is 65.5 Å². The number of aromatic nitrogens is 1. The highest BCUT2D eigenvalue weighted by atomic mass is 19.4. The van der Waals surface area contributed by atoms with Crippen molar-refractivity contribution in [2.24, 2.45) is 5.73 Å². The zero-order chi connectivity index (χ0) is 18.6. The van der Waals surface area contributed by atoms with Crippen LogP contribution in [0.5, 0.6) is 0 Å². The van der Waals surface area contributed by atoms with E-state index in [0.29, 0.717) is 6.54 Å². The molecule has 1 fully saturated rings. The zero-order valence-corrected chi connectivity index (χ0v) is 14.5. The molecule has 2 heterocycles. The molecule has 2 aromatic rings. The van der Waals surface area contributed by atoms with Crippen LogP contribution in [0.2, 0.25) is 0 Å². The molecule has 4 nitrogen and oxygen atoms in total. The topological polar surface area (TPSA) is 45.4 Å². The number of rotatable bonds is 5. The van der Waals surface area contributed by atoms with Gasteiger partial charge < -0.3 is 5.73 Å². The molecule has 0 bridgehead atoms. The van der Waals surface area contributed by atoms with Gasteiger partial charge in [0.1, 0.15) is 0 Å². The summed E-state index contributed by atoms with van der Waals surface area (Å²) in [4.78, 5) is 9.04. The Morgan fingerprint density at radius 1 is 1.00 bits per heavy atom. The number of benzene rings is 1. The van der Waals surface area contributed by atoms with Crippen molar-refractivity contribution in [2.75, 3.05) is 39.3 Å². The van der Waals surface area contributed by atoms with Crippen molar-refractivity contribution in [1.82, 2.24) is 14.8 Å². The van der Waals surface area contributed by atoms with Crippen molar-refractivity contribution in [3.63, 3.8) is 0 Å². The second-order valence-electron chi connectivity index (χ2n) is 6.44. The van der Waals surface area contributed by atoms with E-state index in [9.17, 15) is 13.2 Å². The lowest BCUT2D eigenvalue weighted by atomic mass is 9.99. The highest BCUT2D eigenvalue weighted by Crippen LogP contribution is 2.33. The van der Waals surface area contributed by atoms with Gasteiger partial charge in [-0.2, -0.15) is 13.2 Å². The predicted octanol–water partition coefficient (Wildman–Crippen LogP) is 2.77. The maximum atomic E-state index is 12.9. The van der Waals surface area contributed by atoms with E-state index in [1.54, 1.807) is 18.3 Å². The van der Waals surface area contributed by atoms with E-state index in [2.05, 4.69) is 14.8 Å². The molecule has 26 heavy (non-hydrogen) atoms. The standard InChI is InChI=1S/C19H23F3N4/c20-19(21,22)16-6-4-15(5-7-16)18(17-3-1-2-9-24-17)26-13-11-25(10-8-23)12-14-26/h1-7,9,18H,8,10-14,23H2. The number of nitrogens with zero attached hydrogens (tertiary/aromatic N) is 3. The van der Waals surface area contributed by atoms with Gasteiger partial charge in [0.05, 0.1) is 17.3 Å². The molecule has 0 spiro atoms. The average molecular weight is 364 g/mol. The number of piperazine rings is 1. The van der Waals surface area contributed by atoms with Gasteiger partial charge >= 0.3 is 6.18 Å². The molecule has 1 aliphatic rings. The van der Waals surface area contributed by atoms with Crippen molar-refractivity contribution >= 4 is 0 Å². The monoisotopic (exact) mass is 364 g/mol. The van der Waals surface area contributed by atoms with E-state index in [4.69, 9.17) is 5.73 Å². The first-order chi connectivity index (χ1) is 12.5. The Kier molecular flexibility index (Phi) is 5.90. The molecule has 0 saturated carbocycles. The van der Waals surface area contributed by atoms with E-state index >= 15 is 0 Å². The summed E-state index contributed by atoms with van der Waals surface area (Å²) in [6, 6.07) is 10.9. The Morgan fingerprint density at radius 3 is 2.23 bits per heavy atom. The number of nitrogens with two attached hydrogens (primary N) is 1. The second-order valence-corrected chi connectivity index (χ2v) is 6.44. The largest absolute Gasteiger partial charge is 0.416 e. The van der Waals surface area contributed by atoms with Crippen LogP contribution < -0.4 is 5.73 Å². The van der Waals surface area contributed by atoms with Gasteiger partial charge in [-0.1, -0.05) is 18.2 Å². The number of alkyl halides is 3. The zero-order valence-electron chi connectivity index (χ0n) is 14.5. The lowest BCUT2D eigenvalue weighted by Crippen LogP contribution is -2.49. The normalized spacial score (nSPS) is 18.0. The molecule has 1 atom stereocenters. The summed E-state index contributed by atoms with van der Waals surface area (Å²) in [5.41, 5.74) is 6.67. The van der Waals surface area contributed by atoms with E-state index in [-0.39, 0.29) is 6.04 Å². The highest BCUT2D eigenvalue weighted by Gasteiger charge is 2.31. The van der Waals surface area contributed by atoms with Gasteiger partial charge in [0.15, 0.2) is 0 Å². The lowest BCUT2D eigenvalue weighted by Gasteiger charge is -2.39. The first kappa shape index (κ1) is 18.8. The van der Waals surface area contributed by atoms with Crippen LogP contribution >= 0.6 is 0 Å². The summed E-state index contributed by atoms with van der Waals surface area (Å²) in [5.74, 6) is 0. The van der Waals surface area contributed by atoms with Crippen LogP contribution in [-0.2, 0) is 6.18 Å². The summed E-state index contributed by atoms with van der Waals surface area (Å²) in [6.07, 6.45) is -2.61. The van der Waals surface area contributed by atoms with Crippen molar-refractivity contribution in [3.8, 4) is 0 Å². The molecular formula is C19H23F3N4. The second kappa shape index (κ2) is 8.16. The minimum Gasteiger partial charge on any atom is -0.329 e. The fourth-order valence-electron chi connectivity index (χ4n) is 3.39. The van der Waals surface area contributed by atoms with Crippen LogP contribution in [-0.4, -0.2) is 54.1 Å². The SMILES string of the molecule is NCCN1CCN(C(c2ccc(C(F)(F)F)cc2)c2ccccn2)CC1. The maximum Gasteiger partial charge on any atom is 0.416 e. The molecule has 1 aromatic carbocycles. The molecule has 0 aliphatic carbocycles. The number of halogens is 3. The van der Waals surface area contributed by atoms with E-state index < -0.39 is 11.7 Å². The maximum absolute atomic E-state index is 12.9. The molecule has 3 rings (SSSR count). The number of hydrogen-bond acceptors (Lipinski definition) is 4. The van der Waals surface area contributed by atoms with Gasteiger partial charge in [-0.05, 0) is 29.8 Å². The van der Waals surface area contributed by atoms with Gasteiger partial charge in [0.2, 0.25) is 0 Å². The Balaban J connectivity index is 1.85. The molecule has 1 unspecified atom stereocenters. The van der Waals surface area contributed by atoms with E-state index in [0.717, 1.165) is 56.1 Å². The summed E-state index contributed by atoms with van der Waals surface area (Å²) in [7, 11) is 0. The third kappa shape index (κ3) is 4.41. The predicted molar refractivity (Wildman–Crippen MR) is 94.6 cm³/mol. The van der Waals surface area contributed by atoms with Crippen LogP contribution in [0.4, 0.5) is 13.2 Å². The van der Waals surface area contributed by atoms with Crippen LogP contribution in [0, 0.1) is 0 Å². The smallest absolute Gasteiger partial charge is 0.329 e. The molecule has 1 aromatic heterocycles. The fraction of sp³-hybridized carbons (Fsp3) is 0.421. The Hall–Kier alpha value is -1.96. The Labute approximate surface area is 151 Å². The van der Waals surface area contributed by atoms with Crippen molar-refractivity contribution in [1.29, 1.82) is 0 Å². The first-order valence-corrected chi connectivity index (χ1v) is 8.73. The lowest BCUT2D eigenvalue weighted by molar-refractivity contribution is -0.137. The summed E-state index contributed by atoms with van der Waals surface area (Å²) in [5, 5.41) is 0. The minimum atomic E-state index is -4.33. The third-order valence-corrected chi connectivity index (χ3v) is 4.74. The molecular weight excluding hydrogens is 341 g/mol. The quantitative estimate of drug-likeness (QED) is 0.886. The van der Waals surface area contributed by atoms with Crippen LogP contribution in [0.1, 0.15) is 22.9 Å². The molecule has 7 heteroatoms.